The van der Waals surface area contributed by atoms with Crippen molar-refractivity contribution in [2.24, 2.45) is 5.92 Å². The summed E-state index contributed by atoms with van der Waals surface area (Å²) < 4.78 is 1.61. The standard InChI is InChI=1S/C16H22N6O2/c1-11-19-20-21-22(11)7-5-16(24)18-15(12-8-14(23)9-12)10-13-4-2-3-6-17-13/h2-4,6,12,14-15,23H,5,7-10H2,1H3,(H,18,24). The third-order valence-electron chi connectivity index (χ3n) is 4.48. The van der Waals surface area contributed by atoms with Gasteiger partial charge in [0.15, 0.2) is 0 Å². The number of hydrogen-bond acceptors (Lipinski definition) is 6. The average Bonchev–Trinajstić information content (AvgIpc) is 2.95. The Morgan fingerprint density at radius 1 is 1.46 bits per heavy atom. The molecule has 0 saturated heterocycles. The minimum atomic E-state index is -0.248. The van der Waals surface area contributed by atoms with Gasteiger partial charge in [-0.25, -0.2) is 4.68 Å². The number of carbonyl (C=O) groups excluding carboxylic acids is 1. The van der Waals surface area contributed by atoms with Crippen LogP contribution in [0.15, 0.2) is 24.4 Å². The summed E-state index contributed by atoms with van der Waals surface area (Å²) in [5.41, 5.74) is 0.945. The molecule has 2 heterocycles. The van der Waals surface area contributed by atoms with Crippen molar-refractivity contribution in [2.75, 3.05) is 0 Å². The summed E-state index contributed by atoms with van der Waals surface area (Å²) in [6.45, 7) is 2.26. The largest absolute Gasteiger partial charge is 0.393 e. The Labute approximate surface area is 140 Å². The van der Waals surface area contributed by atoms with Crippen LogP contribution in [0.25, 0.3) is 0 Å². The van der Waals surface area contributed by atoms with E-state index in [9.17, 15) is 9.90 Å². The number of nitrogens with zero attached hydrogens (tertiary/aromatic N) is 5. The predicted molar refractivity (Wildman–Crippen MR) is 85.8 cm³/mol. The Hall–Kier alpha value is -2.35. The highest BCUT2D eigenvalue weighted by Gasteiger charge is 2.34. The number of rotatable bonds is 7. The molecular weight excluding hydrogens is 308 g/mol. The van der Waals surface area contributed by atoms with Gasteiger partial charge in [0.2, 0.25) is 5.91 Å². The molecule has 1 amide bonds. The molecule has 2 aromatic rings. The van der Waals surface area contributed by atoms with Gasteiger partial charge in [-0.1, -0.05) is 6.07 Å². The number of hydrogen-bond donors (Lipinski definition) is 2. The Morgan fingerprint density at radius 3 is 2.92 bits per heavy atom. The van der Waals surface area contributed by atoms with Gasteiger partial charge in [-0.05, 0) is 48.2 Å². The SMILES string of the molecule is Cc1nnnn1CCC(=O)NC(Cc1ccccn1)C1CC(O)C1. The van der Waals surface area contributed by atoms with Gasteiger partial charge in [0.25, 0.3) is 0 Å². The van der Waals surface area contributed by atoms with Crippen LogP contribution >= 0.6 is 0 Å². The Bertz CT molecular complexity index is 668. The van der Waals surface area contributed by atoms with Crippen LogP contribution in [0.1, 0.15) is 30.8 Å². The molecule has 0 bridgehead atoms. The number of amides is 1. The first-order valence-electron chi connectivity index (χ1n) is 8.22. The molecule has 0 aromatic carbocycles. The van der Waals surface area contributed by atoms with Crippen LogP contribution in [-0.2, 0) is 17.8 Å². The molecule has 1 aliphatic carbocycles. The van der Waals surface area contributed by atoms with Crippen LogP contribution < -0.4 is 5.32 Å². The van der Waals surface area contributed by atoms with E-state index in [1.54, 1.807) is 17.8 Å². The molecule has 3 rings (SSSR count). The molecule has 24 heavy (non-hydrogen) atoms. The Balaban J connectivity index is 1.56. The molecule has 2 aromatic heterocycles. The monoisotopic (exact) mass is 330 g/mol. The summed E-state index contributed by atoms with van der Waals surface area (Å²) >= 11 is 0. The topological polar surface area (TPSA) is 106 Å². The molecule has 0 radical (unpaired) electrons. The first-order chi connectivity index (χ1) is 11.6. The molecule has 1 saturated carbocycles. The van der Waals surface area contributed by atoms with E-state index >= 15 is 0 Å². The number of carbonyl (C=O) groups is 1. The number of aromatic nitrogens is 5. The molecule has 1 aliphatic rings. The van der Waals surface area contributed by atoms with Gasteiger partial charge in [0.1, 0.15) is 5.82 Å². The lowest BCUT2D eigenvalue weighted by atomic mass is 9.76. The maximum atomic E-state index is 12.3. The number of aryl methyl sites for hydroxylation is 2. The molecule has 1 unspecified atom stereocenters. The zero-order valence-electron chi connectivity index (χ0n) is 13.7. The second-order valence-corrected chi connectivity index (χ2v) is 6.28. The van der Waals surface area contributed by atoms with Gasteiger partial charge >= 0.3 is 0 Å². The van der Waals surface area contributed by atoms with E-state index in [2.05, 4.69) is 25.8 Å². The summed E-state index contributed by atoms with van der Waals surface area (Å²) in [6.07, 6.45) is 3.95. The van der Waals surface area contributed by atoms with Crippen molar-refractivity contribution in [1.29, 1.82) is 0 Å². The lowest BCUT2D eigenvalue weighted by molar-refractivity contribution is -0.123. The Kier molecular flexibility index (Phi) is 5.14. The van der Waals surface area contributed by atoms with E-state index in [0.717, 1.165) is 18.5 Å². The normalized spacial score (nSPS) is 21.1. The maximum Gasteiger partial charge on any atom is 0.222 e. The van der Waals surface area contributed by atoms with Gasteiger partial charge in [0, 0.05) is 30.8 Å². The van der Waals surface area contributed by atoms with Crippen LogP contribution in [0, 0.1) is 12.8 Å². The Morgan fingerprint density at radius 2 is 2.29 bits per heavy atom. The average molecular weight is 330 g/mol. The molecular formula is C16H22N6O2. The summed E-state index contributed by atoms with van der Waals surface area (Å²) in [5, 5.41) is 23.9. The first kappa shape index (κ1) is 16.5. The van der Waals surface area contributed by atoms with Crippen LogP contribution in [-0.4, -0.2) is 48.4 Å². The van der Waals surface area contributed by atoms with E-state index in [0.29, 0.717) is 31.1 Å². The van der Waals surface area contributed by atoms with Crippen LogP contribution in [0.2, 0.25) is 0 Å². The van der Waals surface area contributed by atoms with Gasteiger partial charge in [-0.3, -0.25) is 9.78 Å². The fraction of sp³-hybridized carbons (Fsp3) is 0.562. The molecule has 8 nitrogen and oxygen atoms in total. The second-order valence-electron chi connectivity index (χ2n) is 6.28. The maximum absolute atomic E-state index is 12.3. The zero-order chi connectivity index (χ0) is 16.9. The highest BCUT2D eigenvalue weighted by Crippen LogP contribution is 2.31. The number of nitrogens with one attached hydrogen (secondary N) is 1. The van der Waals surface area contributed by atoms with Crippen molar-refractivity contribution < 1.29 is 9.90 Å². The first-order valence-corrected chi connectivity index (χ1v) is 8.22. The summed E-state index contributed by atoms with van der Waals surface area (Å²) in [6, 6.07) is 5.76. The number of tetrazole rings is 1. The molecule has 0 aliphatic heterocycles. The van der Waals surface area contributed by atoms with Gasteiger partial charge < -0.3 is 10.4 Å². The van der Waals surface area contributed by atoms with E-state index in [4.69, 9.17) is 0 Å². The van der Waals surface area contributed by atoms with E-state index in [1.165, 1.54) is 0 Å². The van der Waals surface area contributed by atoms with E-state index in [1.807, 2.05) is 18.2 Å². The van der Waals surface area contributed by atoms with Gasteiger partial charge in [0.05, 0.1) is 12.6 Å². The van der Waals surface area contributed by atoms with Crippen molar-refractivity contribution in [3.8, 4) is 0 Å². The summed E-state index contributed by atoms with van der Waals surface area (Å²) in [5.74, 6) is 0.947. The zero-order valence-corrected chi connectivity index (χ0v) is 13.7. The highest BCUT2D eigenvalue weighted by molar-refractivity contribution is 5.76. The number of aliphatic hydroxyl groups excluding tert-OH is 1. The molecule has 0 spiro atoms. The fourth-order valence-electron chi connectivity index (χ4n) is 2.98. The van der Waals surface area contributed by atoms with Gasteiger partial charge in [-0.2, -0.15) is 0 Å². The van der Waals surface area contributed by atoms with Crippen LogP contribution in [0.3, 0.4) is 0 Å². The predicted octanol–water partition coefficient (Wildman–Crippen LogP) is 0.265. The van der Waals surface area contributed by atoms with Crippen molar-refractivity contribution in [3.63, 3.8) is 0 Å². The third kappa shape index (κ3) is 4.14. The lowest BCUT2D eigenvalue weighted by Gasteiger charge is -2.38. The molecule has 2 N–H and O–H groups in total. The molecule has 1 fully saturated rings. The van der Waals surface area contributed by atoms with E-state index < -0.39 is 0 Å². The molecule has 1 atom stereocenters. The number of pyridine rings is 1. The molecule has 8 heteroatoms. The van der Waals surface area contributed by atoms with Crippen molar-refractivity contribution in [2.45, 2.75) is 51.3 Å². The quantitative estimate of drug-likeness (QED) is 0.754. The third-order valence-corrected chi connectivity index (χ3v) is 4.48. The minimum Gasteiger partial charge on any atom is -0.393 e. The van der Waals surface area contributed by atoms with Gasteiger partial charge in [-0.15, -0.1) is 5.10 Å². The van der Waals surface area contributed by atoms with Crippen molar-refractivity contribution in [1.82, 2.24) is 30.5 Å². The lowest BCUT2D eigenvalue weighted by Crippen LogP contribution is -2.48. The highest BCUT2D eigenvalue weighted by atomic mass is 16.3. The van der Waals surface area contributed by atoms with Crippen molar-refractivity contribution in [3.05, 3.63) is 35.9 Å². The number of aliphatic hydroxyl groups is 1. The molecule has 128 valence electrons. The summed E-state index contributed by atoms with van der Waals surface area (Å²) in [4.78, 5) is 16.6. The minimum absolute atomic E-state index is 0.00855. The van der Waals surface area contributed by atoms with Crippen LogP contribution in [0.4, 0.5) is 0 Å². The van der Waals surface area contributed by atoms with E-state index in [-0.39, 0.29) is 18.1 Å². The van der Waals surface area contributed by atoms with Crippen molar-refractivity contribution >= 4 is 5.91 Å². The van der Waals surface area contributed by atoms with Crippen LogP contribution in [0.5, 0.6) is 0 Å². The second kappa shape index (κ2) is 7.48. The fourth-order valence-corrected chi connectivity index (χ4v) is 2.98. The summed E-state index contributed by atoms with van der Waals surface area (Å²) in [7, 11) is 0. The smallest absolute Gasteiger partial charge is 0.222 e.